The van der Waals surface area contributed by atoms with E-state index in [0.717, 1.165) is 23.7 Å². The van der Waals surface area contributed by atoms with Crippen LogP contribution in [0.1, 0.15) is 6.42 Å². The quantitative estimate of drug-likeness (QED) is 0.641. The second-order valence-corrected chi connectivity index (χ2v) is 5.23. The van der Waals surface area contributed by atoms with E-state index in [1.807, 2.05) is 7.11 Å². The van der Waals surface area contributed by atoms with Gasteiger partial charge in [0.15, 0.2) is 0 Å². The van der Waals surface area contributed by atoms with Crippen molar-refractivity contribution in [3.05, 3.63) is 22.7 Å². The largest absolute Gasteiger partial charge is 0.376 e. The molecule has 0 aromatic rings. The van der Waals surface area contributed by atoms with Crippen LogP contribution in [0, 0.1) is 23.7 Å². The molecule has 0 spiro atoms. The Bertz CT molecular complexity index is 294. The molecule has 70 valence electrons. The number of fused-ring (bicyclic) bond motifs is 5. The fraction of sp³-hybridized carbons (Fsp3) is 0.636. The molecule has 0 radical (unpaired) electrons. The first-order valence-corrected chi connectivity index (χ1v) is 5.69. The molecular formula is C11H13BrO. The predicted molar refractivity (Wildman–Crippen MR) is 55.5 cm³/mol. The smallest absolute Gasteiger partial charge is 0.0922 e. The maximum Gasteiger partial charge on any atom is 0.0922 e. The Kier molecular flexibility index (Phi) is 1.72. The number of halogens is 1. The number of hydrogen-bond acceptors (Lipinski definition) is 1. The zero-order chi connectivity index (χ0) is 9.00. The van der Waals surface area contributed by atoms with Gasteiger partial charge in [0, 0.05) is 17.5 Å². The molecule has 0 aromatic heterocycles. The Morgan fingerprint density at radius 3 is 2.92 bits per heavy atom. The van der Waals surface area contributed by atoms with Gasteiger partial charge in [0.1, 0.15) is 0 Å². The molecule has 1 saturated carbocycles. The van der Waals surface area contributed by atoms with E-state index in [9.17, 15) is 0 Å². The SMILES string of the molecule is CO[C@@H]1C(Br)=C[C@@H]2[C@H]1[C@H]1C=C[C@H]2C1. The third kappa shape index (κ3) is 0.962. The summed E-state index contributed by atoms with van der Waals surface area (Å²) in [5, 5.41) is 0. The second kappa shape index (κ2) is 2.71. The fourth-order valence-corrected chi connectivity index (χ4v) is 4.09. The Morgan fingerprint density at radius 2 is 2.15 bits per heavy atom. The molecule has 3 rings (SSSR count). The lowest BCUT2D eigenvalue weighted by Gasteiger charge is -2.25. The topological polar surface area (TPSA) is 9.23 Å². The lowest BCUT2D eigenvalue weighted by Crippen LogP contribution is -2.26. The standard InChI is InChI=1S/C11H13BrO/c1-13-11-9(12)5-8-6-2-3-7(4-6)10(8)11/h2-3,5-8,10-11H,4H2,1H3/t6-,7-,8-,10+,11+/m0/s1. The summed E-state index contributed by atoms with van der Waals surface area (Å²) in [6.07, 6.45) is 8.82. The Labute approximate surface area is 87.0 Å². The first kappa shape index (κ1) is 8.25. The Balaban J connectivity index is 1.97. The second-order valence-electron chi connectivity index (χ2n) is 4.31. The molecule has 2 heteroatoms. The van der Waals surface area contributed by atoms with Crippen LogP contribution in [0.3, 0.4) is 0 Å². The molecule has 3 aliphatic rings. The zero-order valence-corrected chi connectivity index (χ0v) is 9.20. The number of ether oxygens (including phenoxy) is 1. The molecule has 0 amide bonds. The zero-order valence-electron chi connectivity index (χ0n) is 7.61. The van der Waals surface area contributed by atoms with Crippen molar-refractivity contribution >= 4 is 15.9 Å². The summed E-state index contributed by atoms with van der Waals surface area (Å²) in [6.45, 7) is 0. The number of allylic oxidation sites excluding steroid dienone is 3. The number of hydrogen-bond donors (Lipinski definition) is 0. The van der Waals surface area contributed by atoms with Gasteiger partial charge in [-0.25, -0.2) is 0 Å². The average Bonchev–Trinajstić information content (AvgIpc) is 2.72. The Hall–Kier alpha value is -0.0800. The summed E-state index contributed by atoms with van der Waals surface area (Å²) in [4.78, 5) is 0. The normalized spacial score (nSPS) is 51.2. The third-order valence-corrected chi connectivity index (χ3v) is 4.53. The highest BCUT2D eigenvalue weighted by atomic mass is 79.9. The van der Waals surface area contributed by atoms with Gasteiger partial charge >= 0.3 is 0 Å². The molecule has 1 nitrogen and oxygen atoms in total. The van der Waals surface area contributed by atoms with Crippen LogP contribution in [0.2, 0.25) is 0 Å². The van der Waals surface area contributed by atoms with E-state index in [0.29, 0.717) is 6.10 Å². The van der Waals surface area contributed by atoms with Crippen LogP contribution in [-0.2, 0) is 4.74 Å². The molecule has 0 aromatic carbocycles. The highest BCUT2D eigenvalue weighted by molar-refractivity contribution is 9.11. The van der Waals surface area contributed by atoms with Gasteiger partial charge in [0.25, 0.3) is 0 Å². The van der Waals surface area contributed by atoms with Gasteiger partial charge in [-0.1, -0.05) is 34.2 Å². The van der Waals surface area contributed by atoms with Crippen LogP contribution in [-0.4, -0.2) is 13.2 Å². The van der Waals surface area contributed by atoms with E-state index in [-0.39, 0.29) is 0 Å². The van der Waals surface area contributed by atoms with Crippen molar-refractivity contribution < 1.29 is 4.74 Å². The van der Waals surface area contributed by atoms with Gasteiger partial charge in [0.2, 0.25) is 0 Å². The van der Waals surface area contributed by atoms with Crippen molar-refractivity contribution in [3.63, 3.8) is 0 Å². The van der Waals surface area contributed by atoms with E-state index in [1.54, 1.807) is 0 Å². The van der Waals surface area contributed by atoms with Crippen molar-refractivity contribution in [2.45, 2.75) is 12.5 Å². The van der Waals surface area contributed by atoms with Crippen LogP contribution in [0.15, 0.2) is 22.7 Å². The lowest BCUT2D eigenvalue weighted by atomic mass is 9.84. The highest BCUT2D eigenvalue weighted by Crippen LogP contribution is 2.55. The molecule has 2 bridgehead atoms. The van der Waals surface area contributed by atoms with Gasteiger partial charge in [-0.2, -0.15) is 0 Å². The average molecular weight is 241 g/mol. The van der Waals surface area contributed by atoms with Gasteiger partial charge in [-0.05, 0) is 24.2 Å². The summed E-state index contributed by atoms with van der Waals surface area (Å²) in [5.41, 5.74) is 0. The summed E-state index contributed by atoms with van der Waals surface area (Å²) in [5.74, 6) is 3.03. The molecular weight excluding hydrogens is 228 g/mol. The summed E-state index contributed by atoms with van der Waals surface area (Å²) in [6, 6.07) is 0. The predicted octanol–water partition coefficient (Wildman–Crippen LogP) is 2.73. The first-order valence-electron chi connectivity index (χ1n) is 4.89. The molecule has 1 fully saturated rings. The fourth-order valence-electron chi connectivity index (χ4n) is 3.29. The van der Waals surface area contributed by atoms with Gasteiger partial charge < -0.3 is 4.74 Å². The maximum atomic E-state index is 5.54. The summed E-state index contributed by atoms with van der Waals surface area (Å²) >= 11 is 3.61. The van der Waals surface area contributed by atoms with Crippen LogP contribution in [0.25, 0.3) is 0 Å². The first-order chi connectivity index (χ1) is 6.31. The molecule has 0 aliphatic heterocycles. The van der Waals surface area contributed by atoms with Crippen molar-refractivity contribution in [2.24, 2.45) is 23.7 Å². The third-order valence-electron chi connectivity index (χ3n) is 3.81. The summed E-state index contributed by atoms with van der Waals surface area (Å²) < 4.78 is 6.81. The van der Waals surface area contributed by atoms with Crippen LogP contribution in [0.4, 0.5) is 0 Å². The van der Waals surface area contributed by atoms with Crippen molar-refractivity contribution in [3.8, 4) is 0 Å². The molecule has 0 saturated heterocycles. The molecule has 0 unspecified atom stereocenters. The summed E-state index contributed by atoms with van der Waals surface area (Å²) in [7, 11) is 1.82. The molecule has 0 heterocycles. The Morgan fingerprint density at radius 1 is 1.38 bits per heavy atom. The minimum Gasteiger partial charge on any atom is -0.376 e. The van der Waals surface area contributed by atoms with Gasteiger partial charge in [-0.3, -0.25) is 0 Å². The molecule has 13 heavy (non-hydrogen) atoms. The minimum absolute atomic E-state index is 0.324. The monoisotopic (exact) mass is 240 g/mol. The number of methoxy groups -OCH3 is 1. The lowest BCUT2D eigenvalue weighted by molar-refractivity contribution is 0.0747. The van der Waals surface area contributed by atoms with Crippen molar-refractivity contribution in [2.75, 3.05) is 7.11 Å². The van der Waals surface area contributed by atoms with Gasteiger partial charge in [-0.15, -0.1) is 0 Å². The molecule has 5 atom stereocenters. The maximum absolute atomic E-state index is 5.54. The minimum atomic E-state index is 0.324. The van der Waals surface area contributed by atoms with Crippen LogP contribution < -0.4 is 0 Å². The van der Waals surface area contributed by atoms with E-state index in [2.05, 4.69) is 34.2 Å². The van der Waals surface area contributed by atoms with Crippen LogP contribution in [0.5, 0.6) is 0 Å². The van der Waals surface area contributed by atoms with E-state index >= 15 is 0 Å². The molecule has 3 aliphatic carbocycles. The van der Waals surface area contributed by atoms with Crippen molar-refractivity contribution in [1.82, 2.24) is 0 Å². The van der Waals surface area contributed by atoms with Crippen molar-refractivity contribution in [1.29, 1.82) is 0 Å². The van der Waals surface area contributed by atoms with E-state index in [1.165, 1.54) is 10.9 Å². The van der Waals surface area contributed by atoms with E-state index < -0.39 is 0 Å². The van der Waals surface area contributed by atoms with E-state index in [4.69, 9.17) is 4.74 Å². The highest BCUT2D eigenvalue weighted by Gasteiger charge is 2.51. The number of rotatable bonds is 1. The van der Waals surface area contributed by atoms with Crippen LogP contribution >= 0.6 is 15.9 Å². The van der Waals surface area contributed by atoms with Gasteiger partial charge in [0.05, 0.1) is 6.10 Å². The molecule has 0 N–H and O–H groups in total.